The first kappa shape index (κ1) is 21.6. The van der Waals surface area contributed by atoms with Crippen molar-refractivity contribution in [1.82, 2.24) is 10.6 Å². The Bertz CT molecular complexity index is 970. The molecule has 2 amide bonds. The molecule has 1 aromatic rings. The van der Waals surface area contributed by atoms with Gasteiger partial charge >= 0.3 is 5.97 Å². The van der Waals surface area contributed by atoms with Crippen LogP contribution < -0.4 is 21.7 Å². The number of benzene rings is 1. The first-order chi connectivity index (χ1) is 14.9. The molecule has 0 fully saturated rings. The third-order valence-corrected chi connectivity index (χ3v) is 4.55. The summed E-state index contributed by atoms with van der Waals surface area (Å²) in [6.07, 6.45) is 1.53. The zero-order valence-corrected chi connectivity index (χ0v) is 16.3. The number of fused-ring (bicyclic) bond motifs is 1. The van der Waals surface area contributed by atoms with E-state index in [1.54, 1.807) is 12.1 Å². The summed E-state index contributed by atoms with van der Waals surface area (Å²) in [6.45, 7) is 0.289. The lowest BCUT2D eigenvalue weighted by atomic mass is 10.1. The van der Waals surface area contributed by atoms with Crippen LogP contribution in [0.4, 0.5) is 5.69 Å². The highest BCUT2D eigenvalue weighted by Crippen LogP contribution is 2.14. The van der Waals surface area contributed by atoms with E-state index in [0.29, 0.717) is 17.7 Å². The lowest BCUT2D eigenvalue weighted by Crippen LogP contribution is -2.52. The molecular weight excluding hydrogens is 406 g/mol. The molecule has 2 heterocycles. The predicted molar refractivity (Wildman–Crippen MR) is 112 cm³/mol. The first-order valence-corrected chi connectivity index (χ1v) is 9.42. The van der Waals surface area contributed by atoms with Crippen LogP contribution in [0.15, 0.2) is 39.2 Å². The lowest BCUT2D eigenvalue weighted by Gasteiger charge is -2.25. The number of rotatable bonds is 9. The molecule has 0 radical (unpaired) electrons. The second-order valence-electron chi connectivity index (χ2n) is 6.80. The van der Waals surface area contributed by atoms with Crippen LogP contribution in [-0.2, 0) is 14.4 Å². The third kappa shape index (κ3) is 5.50. The van der Waals surface area contributed by atoms with Gasteiger partial charge in [0.25, 0.3) is 11.8 Å². The van der Waals surface area contributed by atoms with E-state index in [2.05, 4.69) is 30.9 Å². The minimum atomic E-state index is -1.20. The van der Waals surface area contributed by atoms with Gasteiger partial charge in [-0.15, -0.1) is 0 Å². The van der Waals surface area contributed by atoms with E-state index in [0.717, 1.165) is 0 Å². The molecule has 0 bridgehead atoms. The molecule has 3 atom stereocenters. The average molecular weight is 427 g/mol. The largest absolute Gasteiger partial charge is 0.480 e. The summed E-state index contributed by atoms with van der Waals surface area (Å²) in [5.74, 6) is -2.11. The van der Waals surface area contributed by atoms with Crippen molar-refractivity contribution in [2.75, 3.05) is 11.9 Å². The second kappa shape index (κ2) is 9.61. The topological polar surface area (TPSA) is 188 Å². The molecule has 6 N–H and O–H groups in total. The summed E-state index contributed by atoms with van der Waals surface area (Å²) in [6, 6.07) is 4.47. The smallest absolute Gasteiger partial charge is 0.326 e. The SMILES string of the molecule is NC1=NC2N=CC(CNc3ccc(C(=O)N[C@@H](CCC=O)C(=O)O)cc3)=NC2C(=O)N1. The maximum atomic E-state index is 12.2. The molecule has 2 aliphatic rings. The molecule has 12 nitrogen and oxygen atoms in total. The number of carbonyl (C=O) groups excluding carboxylic acids is 3. The Morgan fingerprint density at radius 1 is 1.26 bits per heavy atom. The number of nitrogens with zero attached hydrogens (tertiary/aromatic N) is 3. The number of guanidine groups is 1. The number of nitrogens with two attached hydrogens (primary N) is 1. The van der Waals surface area contributed by atoms with Crippen molar-refractivity contribution < 1.29 is 24.3 Å². The quantitative estimate of drug-likeness (QED) is 0.310. The van der Waals surface area contributed by atoms with Gasteiger partial charge in [-0.25, -0.2) is 9.79 Å². The number of carbonyl (C=O) groups is 4. The molecule has 12 heteroatoms. The van der Waals surface area contributed by atoms with Crippen molar-refractivity contribution in [2.45, 2.75) is 31.1 Å². The van der Waals surface area contributed by atoms with Crippen LogP contribution in [0.25, 0.3) is 0 Å². The van der Waals surface area contributed by atoms with Crippen LogP contribution >= 0.6 is 0 Å². The molecule has 0 aliphatic carbocycles. The molecule has 2 aliphatic heterocycles. The highest BCUT2D eigenvalue weighted by molar-refractivity contribution is 6.33. The van der Waals surface area contributed by atoms with Crippen LogP contribution in [-0.4, -0.2) is 71.9 Å². The van der Waals surface area contributed by atoms with Crippen LogP contribution in [0.1, 0.15) is 23.2 Å². The van der Waals surface area contributed by atoms with Gasteiger partial charge in [0.2, 0.25) is 0 Å². The number of hydrogen-bond acceptors (Lipinski definition) is 9. The summed E-state index contributed by atoms with van der Waals surface area (Å²) in [4.78, 5) is 58.4. The number of carboxylic acid groups (broad SMARTS) is 1. The van der Waals surface area contributed by atoms with Crippen LogP contribution in [0.5, 0.6) is 0 Å². The first-order valence-electron chi connectivity index (χ1n) is 9.42. The fourth-order valence-corrected chi connectivity index (χ4v) is 2.95. The standard InChI is InChI=1S/C19H21N7O5/c20-19-25-15-14(17(29)26-19)23-12(9-22-15)8-21-11-5-3-10(4-6-11)16(28)24-13(18(30)31)2-1-7-27/h3-7,9,13-15,21H,1-2,8H2,(H,24,28)(H,30,31)(H3,20,25,26,29)/t13-,14?,15?/m0/s1. The van der Waals surface area contributed by atoms with Crippen molar-refractivity contribution in [3.63, 3.8) is 0 Å². The fraction of sp³-hybridized carbons (Fsp3) is 0.316. The van der Waals surface area contributed by atoms with Gasteiger partial charge in [0.15, 0.2) is 18.2 Å². The van der Waals surface area contributed by atoms with Gasteiger partial charge in [-0.2, -0.15) is 0 Å². The normalized spacial score (nSPS) is 20.5. The average Bonchev–Trinajstić information content (AvgIpc) is 2.75. The Hall–Kier alpha value is -4.09. The van der Waals surface area contributed by atoms with Crippen LogP contribution in [0.2, 0.25) is 0 Å². The van der Waals surface area contributed by atoms with Crippen molar-refractivity contribution in [3.8, 4) is 0 Å². The number of anilines is 1. The lowest BCUT2D eigenvalue weighted by molar-refractivity contribution is -0.139. The van der Waals surface area contributed by atoms with Gasteiger partial charge in [-0.1, -0.05) is 0 Å². The number of aldehydes is 1. The number of aliphatic imine (C=N–C) groups is 3. The molecule has 3 rings (SSSR count). The van der Waals surface area contributed by atoms with Crippen LogP contribution in [0, 0.1) is 0 Å². The molecule has 0 spiro atoms. The van der Waals surface area contributed by atoms with E-state index in [-0.39, 0.29) is 36.8 Å². The van der Waals surface area contributed by atoms with Crippen molar-refractivity contribution in [2.24, 2.45) is 20.7 Å². The zero-order chi connectivity index (χ0) is 22.4. The molecule has 2 unspecified atom stereocenters. The number of carboxylic acids is 1. The Morgan fingerprint density at radius 2 is 2.00 bits per heavy atom. The zero-order valence-electron chi connectivity index (χ0n) is 16.3. The number of nitrogens with one attached hydrogen (secondary N) is 3. The molecule has 162 valence electrons. The maximum absolute atomic E-state index is 12.2. The summed E-state index contributed by atoms with van der Waals surface area (Å²) >= 11 is 0. The van der Waals surface area contributed by atoms with Crippen molar-refractivity contribution in [1.29, 1.82) is 0 Å². The van der Waals surface area contributed by atoms with Gasteiger partial charge in [-0.3, -0.25) is 24.9 Å². The summed E-state index contributed by atoms with van der Waals surface area (Å²) in [5, 5.41) is 17.1. The summed E-state index contributed by atoms with van der Waals surface area (Å²) in [7, 11) is 0. The minimum Gasteiger partial charge on any atom is -0.480 e. The third-order valence-electron chi connectivity index (χ3n) is 4.55. The molecule has 0 aromatic heterocycles. The van der Waals surface area contributed by atoms with Gasteiger partial charge < -0.3 is 26.3 Å². The Balaban J connectivity index is 1.56. The Kier molecular flexibility index (Phi) is 6.70. The van der Waals surface area contributed by atoms with Gasteiger partial charge in [0.1, 0.15) is 12.3 Å². The Labute approximate surface area is 176 Å². The number of hydrogen-bond donors (Lipinski definition) is 5. The molecule has 0 saturated carbocycles. The van der Waals surface area contributed by atoms with E-state index in [1.807, 2.05) is 0 Å². The summed E-state index contributed by atoms with van der Waals surface area (Å²) in [5.41, 5.74) is 7.01. The molecule has 31 heavy (non-hydrogen) atoms. The molecule has 1 aromatic carbocycles. The second-order valence-corrected chi connectivity index (χ2v) is 6.80. The van der Waals surface area contributed by atoms with Gasteiger partial charge in [0, 0.05) is 23.9 Å². The van der Waals surface area contributed by atoms with E-state index >= 15 is 0 Å². The van der Waals surface area contributed by atoms with Gasteiger partial charge in [-0.05, 0) is 30.7 Å². The van der Waals surface area contributed by atoms with E-state index in [4.69, 9.17) is 10.8 Å². The predicted octanol–water partition coefficient (Wildman–Crippen LogP) is -1.07. The van der Waals surface area contributed by atoms with E-state index in [1.165, 1.54) is 18.3 Å². The minimum absolute atomic E-state index is 0.0164. The van der Waals surface area contributed by atoms with Crippen LogP contribution in [0.3, 0.4) is 0 Å². The number of aliphatic carboxylic acids is 1. The van der Waals surface area contributed by atoms with Gasteiger partial charge in [0.05, 0.1) is 12.3 Å². The molecular formula is C19H21N7O5. The highest BCUT2D eigenvalue weighted by Gasteiger charge is 2.34. The van der Waals surface area contributed by atoms with Crippen molar-refractivity contribution >= 4 is 47.6 Å². The van der Waals surface area contributed by atoms with Crippen molar-refractivity contribution in [3.05, 3.63) is 29.8 Å². The maximum Gasteiger partial charge on any atom is 0.326 e. The molecule has 0 saturated heterocycles. The Morgan fingerprint density at radius 3 is 2.68 bits per heavy atom. The number of amides is 2. The highest BCUT2D eigenvalue weighted by atomic mass is 16.4. The fourth-order valence-electron chi connectivity index (χ4n) is 2.95. The van der Waals surface area contributed by atoms with E-state index in [9.17, 15) is 19.2 Å². The monoisotopic (exact) mass is 427 g/mol. The van der Waals surface area contributed by atoms with E-state index < -0.39 is 30.1 Å². The summed E-state index contributed by atoms with van der Waals surface area (Å²) < 4.78 is 0.